The number of aromatic carboxylic acids is 1. The molecule has 0 saturated carbocycles. The minimum absolute atomic E-state index is 0.205. The number of aryl methyl sites for hydroxylation is 2. The molecule has 1 aliphatic rings. The Morgan fingerprint density at radius 1 is 1.30 bits per heavy atom. The van der Waals surface area contributed by atoms with Gasteiger partial charge in [0, 0.05) is 10.4 Å². The van der Waals surface area contributed by atoms with Crippen LogP contribution in [-0.2, 0) is 12.8 Å². The van der Waals surface area contributed by atoms with Gasteiger partial charge in [0.1, 0.15) is 10.7 Å². The molecule has 0 radical (unpaired) electrons. The average molecular weight is 378 g/mol. The van der Waals surface area contributed by atoms with E-state index >= 15 is 0 Å². The van der Waals surface area contributed by atoms with Crippen molar-refractivity contribution >= 4 is 33.2 Å². The lowest BCUT2D eigenvalue weighted by molar-refractivity contribution is 0.0697. The van der Waals surface area contributed by atoms with Crippen molar-refractivity contribution in [2.45, 2.75) is 33.1 Å². The Kier molecular flexibility index (Phi) is 3.55. The number of carbonyl (C=O) groups is 1. The highest BCUT2D eigenvalue weighted by atomic mass is 32.1. The van der Waals surface area contributed by atoms with Crippen LogP contribution in [0.3, 0.4) is 0 Å². The number of benzene rings is 1. The Bertz CT molecular complexity index is 1220. The summed E-state index contributed by atoms with van der Waals surface area (Å²) in [6.07, 6.45) is 3.29. The summed E-state index contributed by atoms with van der Waals surface area (Å²) in [5, 5.41) is 15.2. The van der Waals surface area contributed by atoms with Crippen LogP contribution in [0.25, 0.3) is 27.3 Å². The Balaban J connectivity index is 1.80. The third-order valence-electron chi connectivity index (χ3n) is 5.29. The van der Waals surface area contributed by atoms with E-state index < -0.39 is 5.97 Å². The van der Waals surface area contributed by atoms with Gasteiger partial charge in [0.2, 0.25) is 0 Å². The summed E-state index contributed by atoms with van der Waals surface area (Å²) in [6, 6.07) is 6.85. The molecule has 0 unspecified atom stereocenters. The van der Waals surface area contributed by atoms with Gasteiger partial charge in [-0.05, 0) is 43.7 Å². The molecule has 1 N–H and O–H groups in total. The average Bonchev–Trinajstić information content (AvgIpc) is 3.22. The van der Waals surface area contributed by atoms with E-state index in [-0.39, 0.29) is 5.56 Å². The van der Waals surface area contributed by atoms with Gasteiger partial charge in [-0.1, -0.05) is 25.1 Å². The summed E-state index contributed by atoms with van der Waals surface area (Å²) < 4.78 is 1.75. The van der Waals surface area contributed by atoms with Crippen LogP contribution in [0.15, 0.2) is 24.3 Å². The van der Waals surface area contributed by atoms with E-state index in [1.165, 1.54) is 16.9 Å². The van der Waals surface area contributed by atoms with Crippen molar-refractivity contribution < 1.29 is 9.90 Å². The van der Waals surface area contributed by atoms with Crippen molar-refractivity contribution in [2.24, 2.45) is 5.92 Å². The van der Waals surface area contributed by atoms with Gasteiger partial charge in [0.15, 0.2) is 11.5 Å². The summed E-state index contributed by atoms with van der Waals surface area (Å²) in [5.74, 6) is 0.898. The fourth-order valence-electron chi connectivity index (χ4n) is 3.92. The fourth-order valence-corrected chi connectivity index (χ4v) is 5.34. The molecule has 0 saturated heterocycles. The number of nitrogens with zero attached hydrogens (tertiary/aromatic N) is 4. The van der Waals surface area contributed by atoms with Crippen LogP contribution in [0.5, 0.6) is 0 Å². The maximum Gasteiger partial charge on any atom is 0.336 e. The van der Waals surface area contributed by atoms with Gasteiger partial charge in [-0.25, -0.2) is 14.8 Å². The second kappa shape index (κ2) is 5.85. The molecule has 0 aliphatic heterocycles. The summed E-state index contributed by atoms with van der Waals surface area (Å²) in [5.41, 5.74) is 2.85. The van der Waals surface area contributed by atoms with Gasteiger partial charge in [-0.3, -0.25) is 0 Å². The van der Waals surface area contributed by atoms with Gasteiger partial charge in [0.25, 0.3) is 0 Å². The molecule has 3 heterocycles. The molecule has 1 atom stereocenters. The molecule has 1 aromatic carbocycles. The summed E-state index contributed by atoms with van der Waals surface area (Å²) in [4.78, 5) is 23.5. The van der Waals surface area contributed by atoms with E-state index in [0.29, 0.717) is 17.3 Å². The predicted molar refractivity (Wildman–Crippen MR) is 104 cm³/mol. The van der Waals surface area contributed by atoms with E-state index in [9.17, 15) is 9.90 Å². The molecule has 0 amide bonds. The van der Waals surface area contributed by atoms with Gasteiger partial charge in [0.05, 0.1) is 10.9 Å². The Labute approximate surface area is 159 Å². The van der Waals surface area contributed by atoms with Crippen LogP contribution in [-0.4, -0.2) is 30.7 Å². The lowest BCUT2D eigenvalue weighted by Crippen LogP contribution is -2.08. The van der Waals surface area contributed by atoms with Crippen LogP contribution in [0.2, 0.25) is 0 Å². The number of aromatic nitrogens is 4. The lowest BCUT2D eigenvalue weighted by Gasteiger charge is -2.17. The van der Waals surface area contributed by atoms with Crippen molar-refractivity contribution in [3.8, 4) is 11.4 Å². The third kappa shape index (κ3) is 2.45. The molecule has 7 heteroatoms. The molecule has 0 bridgehead atoms. The molecule has 27 heavy (non-hydrogen) atoms. The van der Waals surface area contributed by atoms with Gasteiger partial charge in [-0.2, -0.15) is 4.52 Å². The number of carboxylic acids is 1. The van der Waals surface area contributed by atoms with E-state index in [0.717, 1.165) is 34.5 Å². The smallest absolute Gasteiger partial charge is 0.336 e. The Morgan fingerprint density at radius 2 is 2.11 bits per heavy atom. The van der Waals surface area contributed by atoms with E-state index in [2.05, 4.69) is 12.0 Å². The second-order valence-corrected chi connectivity index (χ2v) is 8.30. The first-order chi connectivity index (χ1) is 13.0. The third-order valence-corrected chi connectivity index (χ3v) is 6.44. The van der Waals surface area contributed by atoms with Crippen molar-refractivity contribution in [1.82, 2.24) is 19.6 Å². The molecular weight excluding hydrogens is 360 g/mol. The molecule has 136 valence electrons. The summed E-state index contributed by atoms with van der Waals surface area (Å²) in [6.45, 7) is 4.20. The summed E-state index contributed by atoms with van der Waals surface area (Å²) in [7, 11) is 0. The quantitative estimate of drug-likeness (QED) is 0.567. The first-order valence-corrected chi connectivity index (χ1v) is 9.85. The number of rotatable bonds is 2. The number of hydrogen-bond acceptors (Lipinski definition) is 5. The van der Waals surface area contributed by atoms with Crippen molar-refractivity contribution in [3.05, 3.63) is 46.1 Å². The molecule has 5 rings (SSSR count). The summed E-state index contributed by atoms with van der Waals surface area (Å²) >= 11 is 1.76. The standard InChI is InChI=1S/C20H18N4O2S/c1-10-7-8-14-15(9-10)27-19-16(14)18-22-17(23-24(18)11(2)21-19)12-5-3-4-6-13(12)20(25)26/h3-6,10H,7-9H2,1-2H3,(H,25,26)/t10-/m1/s1. The van der Waals surface area contributed by atoms with Crippen LogP contribution >= 0.6 is 11.3 Å². The zero-order chi connectivity index (χ0) is 18.7. The molecular formula is C20H18N4O2S. The van der Waals surface area contributed by atoms with Crippen LogP contribution in [0.1, 0.15) is 40.0 Å². The maximum atomic E-state index is 11.6. The zero-order valence-corrected chi connectivity index (χ0v) is 15.9. The number of fused-ring (bicyclic) bond motifs is 5. The van der Waals surface area contributed by atoms with Gasteiger partial charge < -0.3 is 5.11 Å². The number of carboxylic acid groups (broad SMARTS) is 1. The molecule has 0 spiro atoms. The largest absolute Gasteiger partial charge is 0.478 e. The van der Waals surface area contributed by atoms with Crippen LogP contribution in [0, 0.1) is 12.8 Å². The minimum atomic E-state index is -0.980. The predicted octanol–water partition coefficient (Wildman–Crippen LogP) is 4.14. The van der Waals surface area contributed by atoms with E-state index in [1.54, 1.807) is 34.1 Å². The first-order valence-electron chi connectivity index (χ1n) is 9.03. The van der Waals surface area contributed by atoms with E-state index in [4.69, 9.17) is 9.97 Å². The molecule has 3 aromatic heterocycles. The van der Waals surface area contributed by atoms with Crippen molar-refractivity contribution in [2.75, 3.05) is 0 Å². The zero-order valence-electron chi connectivity index (χ0n) is 15.1. The number of hydrogen-bond donors (Lipinski definition) is 1. The lowest BCUT2D eigenvalue weighted by atomic mass is 9.89. The Hall–Kier alpha value is -2.80. The minimum Gasteiger partial charge on any atom is -0.478 e. The van der Waals surface area contributed by atoms with Crippen molar-refractivity contribution in [1.29, 1.82) is 0 Å². The van der Waals surface area contributed by atoms with Gasteiger partial charge >= 0.3 is 5.97 Å². The molecule has 1 aliphatic carbocycles. The SMILES string of the molecule is Cc1nc2sc3c(c2c2nc(-c4ccccc4C(=O)O)nn12)CC[C@@H](C)C3. The Morgan fingerprint density at radius 3 is 2.93 bits per heavy atom. The molecule has 4 aromatic rings. The maximum absolute atomic E-state index is 11.6. The first kappa shape index (κ1) is 16.4. The monoisotopic (exact) mass is 378 g/mol. The second-order valence-electron chi connectivity index (χ2n) is 7.21. The van der Waals surface area contributed by atoms with Crippen LogP contribution in [0.4, 0.5) is 0 Å². The molecule has 0 fully saturated rings. The fraction of sp³-hybridized carbons (Fsp3) is 0.300. The highest BCUT2D eigenvalue weighted by Crippen LogP contribution is 2.39. The highest BCUT2D eigenvalue weighted by Gasteiger charge is 2.25. The topological polar surface area (TPSA) is 80.4 Å². The van der Waals surface area contributed by atoms with Crippen molar-refractivity contribution in [3.63, 3.8) is 0 Å². The normalized spacial score (nSPS) is 16.7. The van der Waals surface area contributed by atoms with Gasteiger partial charge in [-0.15, -0.1) is 16.4 Å². The van der Waals surface area contributed by atoms with E-state index in [1.807, 2.05) is 13.0 Å². The number of thiophene rings is 1. The highest BCUT2D eigenvalue weighted by molar-refractivity contribution is 7.19. The molecule has 6 nitrogen and oxygen atoms in total. The van der Waals surface area contributed by atoms with Crippen LogP contribution < -0.4 is 0 Å².